The maximum Gasteiger partial charge on any atom is 0.508 e. The largest absolute Gasteiger partial charge is 0.508 e. The number of ether oxygens (including phenoxy) is 3. The third-order valence-corrected chi connectivity index (χ3v) is 6.90. The molecule has 0 rings (SSSR count). The molecule has 222 valence electrons. The van der Waals surface area contributed by atoms with Crippen molar-refractivity contribution in [3.8, 4) is 0 Å². The summed E-state index contributed by atoms with van der Waals surface area (Å²) in [7, 11) is 1.58. The van der Waals surface area contributed by atoms with Gasteiger partial charge in [0.1, 0.15) is 13.2 Å². The van der Waals surface area contributed by atoms with Crippen LogP contribution in [0.1, 0.15) is 104 Å². The molecule has 0 spiro atoms. The third-order valence-electron chi connectivity index (χ3n) is 5.91. The number of hydrogen-bond donors (Lipinski definition) is 1. The smallest absolute Gasteiger partial charge is 0.435 e. The average Bonchev–Trinajstić information content (AvgIpc) is 2.81. The average molecular weight is 555 g/mol. The summed E-state index contributed by atoms with van der Waals surface area (Å²) in [5.74, 6) is 0. The van der Waals surface area contributed by atoms with Crippen molar-refractivity contribution in [2.75, 3.05) is 60.7 Å². The minimum Gasteiger partial charge on any atom is -0.435 e. The van der Waals surface area contributed by atoms with Crippen LogP contribution in [-0.2, 0) is 27.8 Å². The van der Waals surface area contributed by atoms with E-state index in [1.165, 1.54) is 77.0 Å². The van der Waals surface area contributed by atoms with Crippen LogP contribution >= 0.6 is 7.82 Å². The van der Waals surface area contributed by atoms with Gasteiger partial charge in [-0.05, 0) is 13.3 Å². The second kappa shape index (κ2) is 23.2. The molecule has 0 aliphatic heterocycles. The van der Waals surface area contributed by atoms with Gasteiger partial charge in [-0.2, -0.15) is 0 Å². The Morgan fingerprint density at radius 2 is 1.27 bits per heavy atom. The van der Waals surface area contributed by atoms with E-state index in [9.17, 15) is 14.3 Å². The Balaban J connectivity index is 3.96. The van der Waals surface area contributed by atoms with Gasteiger partial charge in [-0.1, -0.05) is 90.4 Å². The molecule has 0 radical (unpaired) electrons. The lowest BCUT2D eigenvalue weighted by Gasteiger charge is -2.24. The van der Waals surface area contributed by atoms with Crippen molar-refractivity contribution in [2.45, 2.75) is 110 Å². The molecule has 10 heteroatoms. The van der Waals surface area contributed by atoms with E-state index in [-0.39, 0.29) is 26.4 Å². The number of nitrogens with zero attached hydrogens (tertiary/aromatic N) is 1. The van der Waals surface area contributed by atoms with E-state index in [1.54, 1.807) is 6.92 Å². The summed E-state index contributed by atoms with van der Waals surface area (Å²) < 4.78 is 38.4. The number of unbranched alkanes of at least 4 members (excludes halogenated alkanes) is 13. The zero-order valence-electron chi connectivity index (χ0n) is 24.4. The number of phosphoric acid groups is 1. The normalized spacial score (nSPS) is 14.3. The number of rotatable bonds is 26. The first kappa shape index (κ1) is 36.3. The zero-order chi connectivity index (χ0) is 27.8. The standard InChI is InChI=1S/C27H56NO8P/c1-6-8-9-10-11-12-13-14-15-16-17-18-19-20-22-32-24-26(36-27(29)33-7-2)25-35-37(30,31)34-23-21-28(3,4)5/h26H,6-25H2,1-5H3/p+1. The maximum atomic E-state index is 12.1. The summed E-state index contributed by atoms with van der Waals surface area (Å²) in [4.78, 5) is 21.6. The van der Waals surface area contributed by atoms with Crippen LogP contribution < -0.4 is 0 Å². The first-order valence-corrected chi connectivity index (χ1v) is 15.9. The number of carbonyl (C=O) groups excluding carboxylic acids is 1. The van der Waals surface area contributed by atoms with Gasteiger partial charge in [0.2, 0.25) is 0 Å². The third kappa shape index (κ3) is 26.7. The van der Waals surface area contributed by atoms with E-state index in [2.05, 4.69) is 6.92 Å². The Hall–Kier alpha value is -0.700. The molecular formula is C27H57NO8P+. The molecule has 2 atom stereocenters. The van der Waals surface area contributed by atoms with Crippen LogP contribution in [0.3, 0.4) is 0 Å². The van der Waals surface area contributed by atoms with Gasteiger partial charge >= 0.3 is 14.0 Å². The predicted octanol–water partition coefficient (Wildman–Crippen LogP) is 6.87. The van der Waals surface area contributed by atoms with Gasteiger partial charge in [-0.15, -0.1) is 0 Å². The monoisotopic (exact) mass is 554 g/mol. The van der Waals surface area contributed by atoms with Crippen LogP contribution in [0.5, 0.6) is 0 Å². The highest BCUT2D eigenvalue weighted by Crippen LogP contribution is 2.43. The Bertz CT molecular complexity index is 585. The molecular weight excluding hydrogens is 497 g/mol. The lowest BCUT2D eigenvalue weighted by Crippen LogP contribution is -2.37. The predicted molar refractivity (Wildman–Crippen MR) is 148 cm³/mol. The first-order chi connectivity index (χ1) is 17.6. The molecule has 37 heavy (non-hydrogen) atoms. The Labute approximate surface area is 226 Å². The number of likely N-dealkylation sites (N-methyl/N-ethyl adjacent to an activating group) is 1. The fraction of sp³-hybridized carbons (Fsp3) is 0.963. The second-order valence-corrected chi connectivity index (χ2v) is 12.2. The minimum atomic E-state index is -4.27. The highest BCUT2D eigenvalue weighted by molar-refractivity contribution is 7.47. The van der Waals surface area contributed by atoms with Gasteiger partial charge in [0.25, 0.3) is 0 Å². The van der Waals surface area contributed by atoms with E-state index in [0.29, 0.717) is 17.6 Å². The van der Waals surface area contributed by atoms with E-state index in [1.807, 2.05) is 21.1 Å². The maximum absolute atomic E-state index is 12.1. The molecule has 0 heterocycles. The molecule has 0 saturated heterocycles. The van der Waals surface area contributed by atoms with Crippen molar-refractivity contribution in [1.82, 2.24) is 0 Å². The van der Waals surface area contributed by atoms with Crippen molar-refractivity contribution >= 4 is 14.0 Å². The quantitative estimate of drug-likeness (QED) is 0.0535. The van der Waals surface area contributed by atoms with Gasteiger partial charge in [-0.3, -0.25) is 9.05 Å². The van der Waals surface area contributed by atoms with Crippen LogP contribution in [0, 0.1) is 0 Å². The number of carbonyl (C=O) groups is 1. The first-order valence-electron chi connectivity index (χ1n) is 14.4. The van der Waals surface area contributed by atoms with Crippen molar-refractivity contribution in [3.63, 3.8) is 0 Å². The van der Waals surface area contributed by atoms with E-state index in [4.69, 9.17) is 23.3 Å². The van der Waals surface area contributed by atoms with Gasteiger partial charge in [0.05, 0.1) is 41.0 Å². The van der Waals surface area contributed by atoms with Crippen molar-refractivity contribution in [1.29, 1.82) is 0 Å². The fourth-order valence-corrected chi connectivity index (χ4v) is 4.40. The molecule has 9 nitrogen and oxygen atoms in total. The number of phosphoric ester groups is 1. The van der Waals surface area contributed by atoms with Crippen LogP contribution in [0.4, 0.5) is 4.79 Å². The van der Waals surface area contributed by atoms with E-state index in [0.717, 1.165) is 12.8 Å². The van der Waals surface area contributed by atoms with Gasteiger partial charge in [-0.25, -0.2) is 9.36 Å². The summed E-state index contributed by atoms with van der Waals surface area (Å²) in [6.07, 6.45) is 16.3. The fourth-order valence-electron chi connectivity index (χ4n) is 3.66. The number of quaternary nitrogens is 1. The Kier molecular flexibility index (Phi) is 22.8. The van der Waals surface area contributed by atoms with Crippen LogP contribution in [0.2, 0.25) is 0 Å². The van der Waals surface area contributed by atoms with E-state index < -0.39 is 20.1 Å². The highest BCUT2D eigenvalue weighted by Gasteiger charge is 2.26. The molecule has 0 aliphatic rings. The molecule has 0 fully saturated rings. The second-order valence-electron chi connectivity index (χ2n) is 10.7. The van der Waals surface area contributed by atoms with Crippen LogP contribution in [0.15, 0.2) is 0 Å². The van der Waals surface area contributed by atoms with Gasteiger partial charge in [0, 0.05) is 6.61 Å². The van der Waals surface area contributed by atoms with Gasteiger partial charge in [0.15, 0.2) is 6.10 Å². The van der Waals surface area contributed by atoms with E-state index >= 15 is 0 Å². The molecule has 1 N–H and O–H groups in total. The lowest BCUT2D eigenvalue weighted by molar-refractivity contribution is -0.870. The summed E-state index contributed by atoms with van der Waals surface area (Å²) >= 11 is 0. The highest BCUT2D eigenvalue weighted by atomic mass is 31.2. The summed E-state index contributed by atoms with van der Waals surface area (Å²) in [6, 6.07) is 0. The lowest BCUT2D eigenvalue weighted by atomic mass is 10.0. The van der Waals surface area contributed by atoms with Crippen molar-refractivity contribution < 1.29 is 42.0 Å². The van der Waals surface area contributed by atoms with Gasteiger partial charge < -0.3 is 23.6 Å². The summed E-state index contributed by atoms with van der Waals surface area (Å²) in [6.45, 7) is 4.95. The van der Waals surface area contributed by atoms with Crippen molar-refractivity contribution in [2.24, 2.45) is 0 Å². The molecule has 2 unspecified atom stereocenters. The molecule has 0 aromatic carbocycles. The SMILES string of the molecule is CCCCCCCCCCCCCCCCOCC(COP(=O)(O)OCC[N+](C)(C)C)OC(=O)OCC. The topological polar surface area (TPSA) is 101 Å². The Morgan fingerprint density at radius 1 is 0.757 bits per heavy atom. The molecule has 0 saturated carbocycles. The molecule has 0 aromatic rings. The minimum absolute atomic E-state index is 0.0517. The molecule has 0 aliphatic carbocycles. The molecule has 0 bridgehead atoms. The van der Waals surface area contributed by atoms with Crippen LogP contribution in [0.25, 0.3) is 0 Å². The summed E-state index contributed by atoms with van der Waals surface area (Å²) in [5.41, 5.74) is 0. The molecule has 0 aromatic heterocycles. The zero-order valence-corrected chi connectivity index (χ0v) is 25.3. The Morgan fingerprint density at radius 3 is 1.76 bits per heavy atom. The number of hydrogen-bond acceptors (Lipinski definition) is 7. The molecule has 0 amide bonds. The summed E-state index contributed by atoms with van der Waals surface area (Å²) in [5, 5.41) is 0. The van der Waals surface area contributed by atoms with Crippen LogP contribution in [-0.4, -0.2) is 82.4 Å². The van der Waals surface area contributed by atoms with Crippen molar-refractivity contribution in [3.05, 3.63) is 0 Å².